The first-order chi connectivity index (χ1) is 10.0. The fourth-order valence-electron chi connectivity index (χ4n) is 2.06. The molecule has 0 spiro atoms. The van der Waals surface area contributed by atoms with Gasteiger partial charge in [0.05, 0.1) is 12.8 Å². The van der Waals surface area contributed by atoms with Crippen LogP contribution in [-0.4, -0.2) is 14.2 Å². The summed E-state index contributed by atoms with van der Waals surface area (Å²) in [5, 5.41) is 7.06. The average molecular weight is 329 g/mol. The smallest absolute Gasteiger partial charge is 0.147 e. The van der Waals surface area contributed by atoms with Gasteiger partial charge >= 0.3 is 0 Å². The Morgan fingerprint density at radius 1 is 1.10 bits per heavy atom. The molecule has 0 bridgehead atoms. The Morgan fingerprint density at radius 2 is 1.81 bits per heavy atom. The van der Waals surface area contributed by atoms with Crippen LogP contribution in [0.2, 0.25) is 10.0 Å². The highest BCUT2D eigenvalue weighted by atomic mass is 35.5. The molecule has 0 saturated carbocycles. The predicted octanol–water partition coefficient (Wildman–Crippen LogP) is 4.79. The van der Waals surface area contributed by atoms with Crippen molar-refractivity contribution in [2.45, 2.75) is 6.54 Å². The molecule has 2 aromatic rings. The van der Waals surface area contributed by atoms with E-state index >= 15 is 0 Å². The molecular weight excluding hydrogens is 314 g/mol. The minimum absolute atomic E-state index is 0.339. The fraction of sp³-hybridized carbons (Fsp3) is 0.200. The van der Waals surface area contributed by atoms with Crippen molar-refractivity contribution < 1.29 is 9.13 Å². The lowest BCUT2D eigenvalue weighted by Gasteiger charge is -2.15. The van der Waals surface area contributed by atoms with Crippen molar-refractivity contribution in [3.8, 4) is 5.75 Å². The molecule has 0 aliphatic carbocycles. The Bertz CT molecular complexity index is 630. The van der Waals surface area contributed by atoms with E-state index in [0.717, 1.165) is 11.3 Å². The van der Waals surface area contributed by atoms with Crippen molar-refractivity contribution >= 4 is 34.6 Å². The molecule has 0 saturated heterocycles. The zero-order valence-corrected chi connectivity index (χ0v) is 13.1. The van der Waals surface area contributed by atoms with E-state index in [4.69, 9.17) is 27.9 Å². The second kappa shape index (κ2) is 6.87. The van der Waals surface area contributed by atoms with Gasteiger partial charge < -0.3 is 15.4 Å². The summed E-state index contributed by atoms with van der Waals surface area (Å²) in [5.74, 6) is 0.302. The number of ether oxygens (including phenoxy) is 1. The highest BCUT2D eigenvalue weighted by molar-refractivity contribution is 6.31. The standard InChI is InChI=1S/C15H15Cl2FN2O/c1-19-14-6-10(16)3-9(15(14)21-2)8-20-13-5-11(17)4-12(18)7-13/h3-7,19-20H,8H2,1-2H3. The second-order valence-corrected chi connectivity index (χ2v) is 5.28. The quantitative estimate of drug-likeness (QED) is 0.827. The summed E-state index contributed by atoms with van der Waals surface area (Å²) in [5.41, 5.74) is 2.24. The van der Waals surface area contributed by atoms with Crippen molar-refractivity contribution in [2.24, 2.45) is 0 Å². The first-order valence-electron chi connectivity index (χ1n) is 6.27. The topological polar surface area (TPSA) is 33.3 Å². The molecule has 112 valence electrons. The third-order valence-electron chi connectivity index (χ3n) is 2.95. The van der Waals surface area contributed by atoms with Crippen LogP contribution in [0.1, 0.15) is 5.56 Å². The molecule has 2 rings (SSSR count). The molecule has 21 heavy (non-hydrogen) atoms. The minimum Gasteiger partial charge on any atom is -0.494 e. The van der Waals surface area contributed by atoms with Crippen molar-refractivity contribution in [2.75, 3.05) is 24.8 Å². The second-order valence-electron chi connectivity index (χ2n) is 4.41. The average Bonchev–Trinajstić information content (AvgIpc) is 2.43. The van der Waals surface area contributed by atoms with Gasteiger partial charge in [-0.05, 0) is 30.3 Å². The molecule has 3 nitrogen and oxygen atoms in total. The van der Waals surface area contributed by atoms with Crippen LogP contribution >= 0.6 is 23.2 Å². The van der Waals surface area contributed by atoms with Crippen LogP contribution in [0.15, 0.2) is 30.3 Å². The van der Waals surface area contributed by atoms with Gasteiger partial charge in [-0.3, -0.25) is 0 Å². The van der Waals surface area contributed by atoms with E-state index < -0.39 is 0 Å². The van der Waals surface area contributed by atoms with Gasteiger partial charge in [-0.2, -0.15) is 0 Å². The Labute approximate surface area is 133 Å². The van der Waals surface area contributed by atoms with E-state index in [1.165, 1.54) is 12.1 Å². The van der Waals surface area contributed by atoms with Gasteiger partial charge in [0.15, 0.2) is 0 Å². The first kappa shape index (κ1) is 15.7. The molecule has 2 N–H and O–H groups in total. The SMILES string of the molecule is CNc1cc(Cl)cc(CNc2cc(F)cc(Cl)c2)c1OC. The van der Waals surface area contributed by atoms with Gasteiger partial charge in [-0.15, -0.1) is 0 Å². The normalized spacial score (nSPS) is 10.3. The molecule has 0 aliphatic rings. The maximum atomic E-state index is 13.3. The number of benzene rings is 2. The Hall–Kier alpha value is -1.65. The van der Waals surface area contributed by atoms with Crippen LogP contribution in [0.25, 0.3) is 0 Å². The van der Waals surface area contributed by atoms with E-state index in [0.29, 0.717) is 28.0 Å². The fourth-order valence-corrected chi connectivity index (χ4v) is 2.52. The van der Waals surface area contributed by atoms with Gasteiger partial charge in [-0.1, -0.05) is 23.2 Å². The number of halogens is 3. The lowest BCUT2D eigenvalue weighted by Crippen LogP contribution is -2.04. The Balaban J connectivity index is 2.25. The van der Waals surface area contributed by atoms with Crippen LogP contribution in [0, 0.1) is 5.82 Å². The van der Waals surface area contributed by atoms with E-state index in [9.17, 15) is 4.39 Å². The number of hydrogen-bond donors (Lipinski definition) is 2. The Kier molecular flexibility index (Phi) is 5.15. The molecule has 0 fully saturated rings. The molecule has 0 radical (unpaired) electrons. The molecule has 0 heterocycles. The number of rotatable bonds is 5. The molecule has 0 aliphatic heterocycles. The third kappa shape index (κ3) is 3.93. The molecule has 0 unspecified atom stereocenters. The molecule has 0 aromatic heterocycles. The molecule has 0 atom stereocenters. The predicted molar refractivity (Wildman–Crippen MR) is 86.3 cm³/mol. The largest absolute Gasteiger partial charge is 0.494 e. The van der Waals surface area contributed by atoms with Crippen LogP contribution in [0.5, 0.6) is 5.75 Å². The van der Waals surface area contributed by atoms with E-state index in [-0.39, 0.29) is 5.82 Å². The first-order valence-corrected chi connectivity index (χ1v) is 7.03. The lowest BCUT2D eigenvalue weighted by molar-refractivity contribution is 0.412. The number of hydrogen-bond acceptors (Lipinski definition) is 3. The maximum absolute atomic E-state index is 13.3. The van der Waals surface area contributed by atoms with Gasteiger partial charge in [0.25, 0.3) is 0 Å². The monoisotopic (exact) mass is 328 g/mol. The number of methoxy groups -OCH3 is 1. The van der Waals surface area contributed by atoms with Gasteiger partial charge in [0, 0.05) is 34.9 Å². The van der Waals surface area contributed by atoms with Gasteiger partial charge in [0.1, 0.15) is 11.6 Å². The summed E-state index contributed by atoms with van der Waals surface area (Å²) >= 11 is 11.9. The van der Waals surface area contributed by atoms with Crippen molar-refractivity contribution in [1.82, 2.24) is 0 Å². The van der Waals surface area contributed by atoms with Crippen molar-refractivity contribution in [1.29, 1.82) is 0 Å². The van der Waals surface area contributed by atoms with Crippen molar-refractivity contribution in [3.63, 3.8) is 0 Å². The highest BCUT2D eigenvalue weighted by Gasteiger charge is 2.10. The zero-order valence-electron chi connectivity index (χ0n) is 11.6. The summed E-state index contributed by atoms with van der Waals surface area (Å²) in [6, 6.07) is 7.87. The summed E-state index contributed by atoms with van der Waals surface area (Å²) in [6.45, 7) is 0.429. The summed E-state index contributed by atoms with van der Waals surface area (Å²) in [7, 11) is 3.38. The van der Waals surface area contributed by atoms with Gasteiger partial charge in [0.2, 0.25) is 0 Å². The van der Waals surface area contributed by atoms with Crippen LogP contribution in [-0.2, 0) is 6.54 Å². The minimum atomic E-state index is -0.390. The molecule has 0 amide bonds. The van der Waals surface area contributed by atoms with Gasteiger partial charge in [-0.25, -0.2) is 4.39 Å². The van der Waals surface area contributed by atoms with Crippen LogP contribution in [0.4, 0.5) is 15.8 Å². The molecule has 2 aromatic carbocycles. The highest BCUT2D eigenvalue weighted by Crippen LogP contribution is 2.33. The maximum Gasteiger partial charge on any atom is 0.147 e. The number of nitrogens with one attached hydrogen (secondary N) is 2. The number of anilines is 2. The van der Waals surface area contributed by atoms with Crippen LogP contribution < -0.4 is 15.4 Å². The Morgan fingerprint density at radius 3 is 2.43 bits per heavy atom. The van der Waals surface area contributed by atoms with E-state index in [2.05, 4.69) is 10.6 Å². The third-order valence-corrected chi connectivity index (χ3v) is 3.39. The van der Waals surface area contributed by atoms with E-state index in [1.807, 2.05) is 0 Å². The lowest BCUT2D eigenvalue weighted by atomic mass is 10.1. The zero-order chi connectivity index (χ0) is 15.4. The van der Waals surface area contributed by atoms with E-state index in [1.54, 1.807) is 32.4 Å². The van der Waals surface area contributed by atoms with Crippen LogP contribution in [0.3, 0.4) is 0 Å². The molecule has 6 heteroatoms. The summed E-state index contributed by atoms with van der Waals surface area (Å²) in [6.07, 6.45) is 0. The summed E-state index contributed by atoms with van der Waals surface area (Å²) < 4.78 is 18.7. The summed E-state index contributed by atoms with van der Waals surface area (Å²) in [4.78, 5) is 0. The molecular formula is C15H15Cl2FN2O. The van der Waals surface area contributed by atoms with Crippen molar-refractivity contribution in [3.05, 3.63) is 51.8 Å².